The van der Waals surface area contributed by atoms with Gasteiger partial charge in [-0.25, -0.2) is 0 Å². The molecule has 2 atom stereocenters. The Labute approximate surface area is 86.0 Å². The minimum Gasteiger partial charge on any atom is -0.634 e. The van der Waals surface area contributed by atoms with E-state index < -0.39 is 0 Å². The third-order valence-electron chi connectivity index (χ3n) is 3.12. The smallest absolute Gasteiger partial charge is 0.0794 e. The summed E-state index contributed by atoms with van der Waals surface area (Å²) >= 11 is 0. The molecule has 1 aliphatic rings. The lowest BCUT2D eigenvalue weighted by Crippen LogP contribution is -3.05. The first-order valence-corrected chi connectivity index (χ1v) is 5.56. The summed E-state index contributed by atoms with van der Waals surface area (Å²) in [5, 5.41) is 22.4. The largest absolute Gasteiger partial charge is 0.634 e. The molecule has 1 saturated carbocycles. The van der Waals surface area contributed by atoms with Gasteiger partial charge in [-0.1, -0.05) is 0 Å². The maximum atomic E-state index is 10.9. The molecule has 84 valence electrons. The van der Waals surface area contributed by atoms with Crippen molar-refractivity contribution in [2.75, 3.05) is 27.2 Å². The van der Waals surface area contributed by atoms with E-state index in [0.29, 0.717) is 22.0 Å². The van der Waals surface area contributed by atoms with Crippen molar-refractivity contribution < 1.29 is 10.1 Å². The van der Waals surface area contributed by atoms with Gasteiger partial charge in [0.25, 0.3) is 0 Å². The minimum absolute atomic E-state index is 0.306. The van der Waals surface area contributed by atoms with E-state index >= 15 is 0 Å². The molecule has 0 aromatic rings. The molecule has 1 fully saturated rings. The summed E-state index contributed by atoms with van der Waals surface area (Å²) in [4.78, 5) is 0. The van der Waals surface area contributed by atoms with E-state index in [-0.39, 0.29) is 0 Å². The van der Waals surface area contributed by atoms with Gasteiger partial charge < -0.3 is 20.5 Å². The van der Waals surface area contributed by atoms with E-state index in [4.69, 9.17) is 0 Å². The molecule has 2 unspecified atom stereocenters. The van der Waals surface area contributed by atoms with E-state index in [0.717, 1.165) is 38.8 Å². The van der Waals surface area contributed by atoms with Gasteiger partial charge in [0, 0.05) is 11.8 Å². The highest BCUT2D eigenvalue weighted by Gasteiger charge is 2.23. The highest BCUT2D eigenvalue weighted by Crippen LogP contribution is 2.26. The van der Waals surface area contributed by atoms with Crippen molar-refractivity contribution in [2.24, 2.45) is 11.8 Å². The Morgan fingerprint density at radius 2 is 1.14 bits per heavy atom. The molecule has 1 rings (SSSR count). The van der Waals surface area contributed by atoms with E-state index in [1.54, 1.807) is 14.1 Å². The van der Waals surface area contributed by atoms with Crippen LogP contribution in [0.15, 0.2) is 0 Å². The van der Waals surface area contributed by atoms with Crippen molar-refractivity contribution in [3.63, 3.8) is 0 Å². The van der Waals surface area contributed by atoms with Crippen LogP contribution in [0.3, 0.4) is 0 Å². The van der Waals surface area contributed by atoms with Crippen LogP contribution < -0.4 is 10.1 Å². The second-order valence-electron chi connectivity index (χ2n) is 4.70. The predicted octanol–water partition coefficient (Wildman–Crippen LogP) is -1.18. The van der Waals surface area contributed by atoms with Gasteiger partial charge in [0.2, 0.25) is 0 Å². The second kappa shape index (κ2) is 5.66. The Hall–Kier alpha value is -0.160. The topological polar surface area (TPSA) is 55.0 Å². The summed E-state index contributed by atoms with van der Waals surface area (Å²) in [6.45, 7) is 1.49. The van der Waals surface area contributed by atoms with Crippen LogP contribution in [0.5, 0.6) is 0 Å². The lowest BCUT2D eigenvalue weighted by atomic mass is 9.82. The molecular formula is C10H22N2O2. The molecule has 0 radical (unpaired) electrons. The summed E-state index contributed by atoms with van der Waals surface area (Å²) < 4.78 is 0. The van der Waals surface area contributed by atoms with Crippen molar-refractivity contribution >= 4 is 0 Å². The molecule has 0 aliphatic heterocycles. The molecule has 0 heterocycles. The average molecular weight is 202 g/mol. The minimum atomic E-state index is 0.306. The van der Waals surface area contributed by atoms with Crippen LogP contribution in [0.2, 0.25) is 0 Å². The summed E-state index contributed by atoms with van der Waals surface area (Å²) in [6, 6.07) is 0. The molecule has 2 N–H and O–H groups in total. The molecule has 0 amide bonds. The van der Waals surface area contributed by atoms with Crippen molar-refractivity contribution in [2.45, 2.75) is 25.7 Å². The van der Waals surface area contributed by atoms with E-state index in [2.05, 4.69) is 0 Å². The number of nitrogens with one attached hydrogen (secondary N) is 2. The van der Waals surface area contributed by atoms with Crippen LogP contribution >= 0.6 is 0 Å². The molecule has 0 saturated heterocycles. The van der Waals surface area contributed by atoms with Gasteiger partial charge in [0.05, 0.1) is 27.2 Å². The summed E-state index contributed by atoms with van der Waals surface area (Å²) in [7, 11) is 3.34. The SMILES string of the molecule is C[NH+]([O-])CC1CCC(C[NH+](C)[O-])CC1. The fraction of sp³-hybridized carbons (Fsp3) is 1.00. The molecule has 4 nitrogen and oxygen atoms in total. The zero-order valence-electron chi connectivity index (χ0n) is 9.21. The highest BCUT2D eigenvalue weighted by molar-refractivity contribution is 4.71. The quantitative estimate of drug-likeness (QED) is 0.564. The third kappa shape index (κ3) is 4.37. The molecule has 14 heavy (non-hydrogen) atoms. The normalized spacial score (nSPS) is 32.6. The van der Waals surface area contributed by atoms with Gasteiger partial charge in [-0.15, -0.1) is 0 Å². The number of quaternary nitrogens is 2. The van der Waals surface area contributed by atoms with Crippen LogP contribution in [0, 0.1) is 22.3 Å². The zero-order chi connectivity index (χ0) is 10.6. The molecule has 1 aliphatic carbocycles. The molecular weight excluding hydrogens is 180 g/mol. The van der Waals surface area contributed by atoms with Crippen molar-refractivity contribution in [1.82, 2.24) is 0 Å². The molecule has 0 spiro atoms. The monoisotopic (exact) mass is 202 g/mol. The highest BCUT2D eigenvalue weighted by atomic mass is 16.5. The fourth-order valence-corrected chi connectivity index (χ4v) is 2.45. The molecule has 0 aromatic carbocycles. The Kier molecular flexibility index (Phi) is 4.81. The van der Waals surface area contributed by atoms with Crippen LogP contribution in [0.25, 0.3) is 0 Å². The van der Waals surface area contributed by atoms with E-state index in [9.17, 15) is 10.4 Å². The first kappa shape index (κ1) is 11.9. The Morgan fingerprint density at radius 3 is 1.36 bits per heavy atom. The lowest BCUT2D eigenvalue weighted by molar-refractivity contribution is -0.832. The molecule has 0 aromatic heterocycles. The third-order valence-corrected chi connectivity index (χ3v) is 3.12. The van der Waals surface area contributed by atoms with Crippen molar-refractivity contribution in [1.29, 1.82) is 0 Å². The van der Waals surface area contributed by atoms with Crippen molar-refractivity contribution in [3.8, 4) is 0 Å². The Morgan fingerprint density at radius 1 is 0.857 bits per heavy atom. The van der Waals surface area contributed by atoms with Gasteiger partial charge in [-0.05, 0) is 25.7 Å². The lowest BCUT2D eigenvalue weighted by Gasteiger charge is -2.32. The maximum Gasteiger partial charge on any atom is 0.0794 e. The van der Waals surface area contributed by atoms with Gasteiger partial charge in [0.1, 0.15) is 0 Å². The first-order valence-electron chi connectivity index (χ1n) is 5.56. The number of hydrogen-bond acceptors (Lipinski definition) is 2. The van der Waals surface area contributed by atoms with Crippen LogP contribution in [0.1, 0.15) is 25.7 Å². The van der Waals surface area contributed by atoms with Crippen LogP contribution in [0.4, 0.5) is 0 Å². The average Bonchev–Trinajstić information content (AvgIpc) is 2.06. The summed E-state index contributed by atoms with van der Waals surface area (Å²) in [5.74, 6) is 1.19. The molecule has 4 heteroatoms. The van der Waals surface area contributed by atoms with E-state index in [1.807, 2.05) is 0 Å². The number of hydroxylamine groups is 4. The maximum absolute atomic E-state index is 10.9. The fourth-order valence-electron chi connectivity index (χ4n) is 2.45. The zero-order valence-corrected chi connectivity index (χ0v) is 9.21. The summed E-state index contributed by atoms with van der Waals surface area (Å²) in [6.07, 6.45) is 4.55. The van der Waals surface area contributed by atoms with Crippen LogP contribution in [-0.2, 0) is 0 Å². The Balaban J connectivity index is 2.17. The van der Waals surface area contributed by atoms with E-state index in [1.165, 1.54) is 0 Å². The predicted molar refractivity (Wildman–Crippen MR) is 55.7 cm³/mol. The number of rotatable bonds is 4. The Bertz CT molecular complexity index is 136. The number of hydrogen-bond donors (Lipinski definition) is 2. The first-order chi connectivity index (χ1) is 6.58. The summed E-state index contributed by atoms with van der Waals surface area (Å²) in [5.41, 5.74) is 0. The van der Waals surface area contributed by atoms with Gasteiger partial charge in [-0.3, -0.25) is 0 Å². The van der Waals surface area contributed by atoms with Gasteiger partial charge in [0.15, 0.2) is 0 Å². The van der Waals surface area contributed by atoms with Crippen LogP contribution in [-0.4, -0.2) is 27.2 Å². The standard InChI is InChI=1S/C10H22N2O2/c1-11(13)7-9-3-5-10(6-4-9)8-12(2)14/h9-12H,3-8H2,1-2H3. The van der Waals surface area contributed by atoms with Gasteiger partial charge in [-0.2, -0.15) is 0 Å². The van der Waals surface area contributed by atoms with Gasteiger partial charge >= 0.3 is 0 Å². The molecule has 0 bridgehead atoms. The van der Waals surface area contributed by atoms with Crippen molar-refractivity contribution in [3.05, 3.63) is 10.4 Å². The second-order valence-corrected chi connectivity index (χ2v) is 4.70.